The molecule has 2 unspecified atom stereocenters. The number of aromatic nitrogens is 4. The number of hydrogen-bond donors (Lipinski definition) is 1. The minimum Gasteiger partial charge on any atom is -0.461 e. The maximum absolute atomic E-state index is 16.4. The Labute approximate surface area is 249 Å². The molecular formula is C28H30F5N7O3S. The van der Waals surface area contributed by atoms with E-state index in [1.54, 1.807) is 4.90 Å². The summed E-state index contributed by atoms with van der Waals surface area (Å²) >= 11 is 0. The van der Waals surface area contributed by atoms with Crippen molar-refractivity contribution in [2.75, 3.05) is 43.4 Å². The number of ether oxygens (including phenoxy) is 1. The molecule has 0 aliphatic carbocycles. The van der Waals surface area contributed by atoms with Gasteiger partial charge in [-0.05, 0) is 50.8 Å². The van der Waals surface area contributed by atoms with Crippen LogP contribution in [0.2, 0.25) is 0 Å². The molecule has 0 radical (unpaired) electrons. The van der Waals surface area contributed by atoms with Gasteiger partial charge in [0, 0.05) is 32.3 Å². The summed E-state index contributed by atoms with van der Waals surface area (Å²) in [5.74, 6) is -1.26. The van der Waals surface area contributed by atoms with Gasteiger partial charge in [-0.3, -0.25) is 9.88 Å². The summed E-state index contributed by atoms with van der Waals surface area (Å²) in [6.45, 7) is 2.44. The van der Waals surface area contributed by atoms with E-state index in [0.29, 0.717) is 19.3 Å². The normalized spacial score (nSPS) is 28.1. The number of anilines is 2. The minimum atomic E-state index is -4.88. The largest absolute Gasteiger partial charge is 0.461 e. The van der Waals surface area contributed by atoms with Crippen molar-refractivity contribution < 1.29 is 35.1 Å². The summed E-state index contributed by atoms with van der Waals surface area (Å²) in [4.78, 5) is 20.4. The summed E-state index contributed by atoms with van der Waals surface area (Å²) in [6, 6.07) is 0.799. The van der Waals surface area contributed by atoms with Crippen LogP contribution in [0, 0.1) is 12.7 Å². The molecule has 7 rings (SSSR count). The first-order chi connectivity index (χ1) is 20.8. The third-order valence-corrected chi connectivity index (χ3v) is 12.1. The molecule has 2 bridgehead atoms. The molecule has 4 atom stereocenters. The summed E-state index contributed by atoms with van der Waals surface area (Å²) in [5.41, 5.74) is 1.93. The Bertz CT molecular complexity index is 1750. The highest BCUT2D eigenvalue weighted by atomic mass is 32.2. The SMILES string of the molecule is Cc1cc(N)nc(-c2ncc3c(N4CC5CCC(C4)S5(=O)=O)nc(OC[C@@]45CCCN4C[C@H](F)C5)nc3c2F)c1C(F)(F)F. The topological polar surface area (TPSA) is 127 Å². The van der Waals surface area contributed by atoms with Crippen molar-refractivity contribution in [3.05, 3.63) is 29.2 Å². The Morgan fingerprint density at radius 2 is 1.84 bits per heavy atom. The number of fused-ring (bicyclic) bond motifs is 4. The predicted octanol–water partition coefficient (Wildman–Crippen LogP) is 3.86. The van der Waals surface area contributed by atoms with E-state index in [0.717, 1.165) is 19.0 Å². The fourth-order valence-corrected chi connectivity index (χ4v) is 9.72. The van der Waals surface area contributed by atoms with Gasteiger partial charge in [-0.2, -0.15) is 23.1 Å². The van der Waals surface area contributed by atoms with E-state index < -0.39 is 61.0 Å². The second kappa shape index (κ2) is 10.1. The molecule has 4 fully saturated rings. The van der Waals surface area contributed by atoms with Gasteiger partial charge in [-0.1, -0.05) is 0 Å². The Balaban J connectivity index is 1.36. The number of hydrogen-bond acceptors (Lipinski definition) is 10. The molecule has 3 aromatic heterocycles. The van der Waals surface area contributed by atoms with Crippen LogP contribution in [0.4, 0.5) is 33.6 Å². The summed E-state index contributed by atoms with van der Waals surface area (Å²) in [7, 11) is -3.32. The van der Waals surface area contributed by atoms with Crippen LogP contribution in [-0.2, 0) is 16.0 Å². The molecule has 0 aromatic carbocycles. The highest BCUT2D eigenvalue weighted by molar-refractivity contribution is 7.93. The average molecular weight is 640 g/mol. The molecule has 2 N–H and O–H groups in total. The van der Waals surface area contributed by atoms with Gasteiger partial charge in [0.1, 0.15) is 41.3 Å². The lowest BCUT2D eigenvalue weighted by Gasteiger charge is -2.33. The molecule has 7 heterocycles. The third-order valence-electron chi connectivity index (χ3n) is 9.51. The van der Waals surface area contributed by atoms with E-state index in [1.165, 1.54) is 13.1 Å². The lowest BCUT2D eigenvalue weighted by atomic mass is 9.95. The van der Waals surface area contributed by atoms with E-state index >= 15 is 4.39 Å². The molecule has 4 aliphatic heterocycles. The fraction of sp³-hybridized carbons (Fsp3) is 0.571. The van der Waals surface area contributed by atoms with Gasteiger partial charge in [-0.15, -0.1) is 0 Å². The zero-order valence-corrected chi connectivity index (χ0v) is 24.6. The van der Waals surface area contributed by atoms with Crippen LogP contribution < -0.4 is 15.4 Å². The summed E-state index contributed by atoms with van der Waals surface area (Å²) in [6.07, 6.45) is -1.93. The van der Waals surface area contributed by atoms with Crippen molar-refractivity contribution in [1.29, 1.82) is 0 Å². The molecule has 236 valence electrons. The van der Waals surface area contributed by atoms with E-state index in [1.807, 2.05) is 4.90 Å². The number of nitrogen functional groups attached to an aromatic ring is 1. The van der Waals surface area contributed by atoms with Gasteiger partial charge in [-0.25, -0.2) is 22.2 Å². The van der Waals surface area contributed by atoms with Crippen LogP contribution in [-0.4, -0.2) is 88.3 Å². The number of nitrogens with zero attached hydrogens (tertiary/aromatic N) is 6. The molecule has 4 aliphatic rings. The smallest absolute Gasteiger partial charge is 0.418 e. The molecule has 10 nitrogen and oxygen atoms in total. The van der Waals surface area contributed by atoms with Crippen LogP contribution in [0.3, 0.4) is 0 Å². The quantitative estimate of drug-likeness (QED) is 0.412. The van der Waals surface area contributed by atoms with Crippen molar-refractivity contribution in [1.82, 2.24) is 24.8 Å². The number of rotatable bonds is 5. The van der Waals surface area contributed by atoms with Crippen LogP contribution in [0.1, 0.15) is 43.2 Å². The zero-order valence-electron chi connectivity index (χ0n) is 23.7. The summed E-state index contributed by atoms with van der Waals surface area (Å²) < 4.78 is 105. The molecule has 0 saturated carbocycles. The first kappa shape index (κ1) is 29.3. The van der Waals surface area contributed by atoms with Crippen LogP contribution in [0.5, 0.6) is 6.01 Å². The van der Waals surface area contributed by atoms with Gasteiger partial charge in [0.2, 0.25) is 0 Å². The van der Waals surface area contributed by atoms with E-state index in [4.69, 9.17) is 10.5 Å². The minimum absolute atomic E-state index is 0.0335. The molecule has 4 saturated heterocycles. The van der Waals surface area contributed by atoms with Crippen LogP contribution in [0.15, 0.2) is 12.3 Å². The Morgan fingerprint density at radius 1 is 1.11 bits per heavy atom. The standard InChI is InChI=1S/C28H30F5N7O3S/c1-14-7-19(34)36-23(20(14)28(31,32)33)24-21(30)22-18(9-35-24)25(39-11-16-3-4-17(12-39)44(16,41)42)38-26(37-22)43-13-27-5-2-6-40(27)10-15(29)8-27/h7,9,15-17H,2-6,8,10-13H2,1H3,(H2,34,36)/t15-,16?,17?,27+/m1/s1. The van der Waals surface area contributed by atoms with E-state index in [9.17, 15) is 26.0 Å². The molecule has 0 spiro atoms. The van der Waals surface area contributed by atoms with E-state index in [-0.39, 0.29) is 66.8 Å². The van der Waals surface area contributed by atoms with Crippen molar-refractivity contribution >= 4 is 32.4 Å². The maximum Gasteiger partial charge on any atom is 0.418 e. The van der Waals surface area contributed by atoms with Gasteiger partial charge in [0.05, 0.1) is 27.0 Å². The number of alkyl halides is 4. The number of nitrogens with two attached hydrogens (primary N) is 1. The van der Waals surface area contributed by atoms with Gasteiger partial charge in [0.25, 0.3) is 0 Å². The highest BCUT2D eigenvalue weighted by Crippen LogP contribution is 2.43. The Morgan fingerprint density at radius 3 is 2.55 bits per heavy atom. The van der Waals surface area contributed by atoms with Crippen molar-refractivity contribution in [3.63, 3.8) is 0 Å². The number of halogens is 5. The van der Waals surface area contributed by atoms with Crippen LogP contribution >= 0.6 is 0 Å². The number of pyridine rings is 2. The molecule has 3 aromatic rings. The summed E-state index contributed by atoms with van der Waals surface area (Å²) in [5, 5.41) is -1.18. The van der Waals surface area contributed by atoms with Gasteiger partial charge >= 0.3 is 12.2 Å². The second-order valence-corrected chi connectivity index (χ2v) is 14.8. The van der Waals surface area contributed by atoms with Gasteiger partial charge < -0.3 is 15.4 Å². The predicted molar refractivity (Wildman–Crippen MR) is 151 cm³/mol. The number of sulfone groups is 1. The second-order valence-electron chi connectivity index (χ2n) is 12.3. The fourth-order valence-electron chi connectivity index (χ4n) is 7.47. The zero-order chi connectivity index (χ0) is 31.2. The van der Waals surface area contributed by atoms with Gasteiger partial charge in [0.15, 0.2) is 15.7 Å². The third kappa shape index (κ3) is 4.63. The lowest BCUT2D eigenvalue weighted by molar-refractivity contribution is -0.137. The average Bonchev–Trinajstić information content (AvgIpc) is 3.46. The first-order valence-corrected chi connectivity index (χ1v) is 16.1. The van der Waals surface area contributed by atoms with Crippen molar-refractivity contribution in [2.24, 2.45) is 0 Å². The molecule has 0 amide bonds. The molecule has 16 heteroatoms. The highest BCUT2D eigenvalue weighted by Gasteiger charge is 2.50. The molecule has 44 heavy (non-hydrogen) atoms. The monoisotopic (exact) mass is 639 g/mol. The van der Waals surface area contributed by atoms with Crippen molar-refractivity contribution in [3.8, 4) is 17.4 Å². The Hall–Kier alpha value is -3.40. The number of aryl methyl sites for hydroxylation is 1. The lowest BCUT2D eigenvalue weighted by Crippen LogP contribution is -2.47. The Kier molecular flexibility index (Phi) is 6.70. The molecular weight excluding hydrogens is 609 g/mol. The van der Waals surface area contributed by atoms with E-state index in [2.05, 4.69) is 19.9 Å². The van der Waals surface area contributed by atoms with Crippen LogP contribution in [0.25, 0.3) is 22.3 Å². The van der Waals surface area contributed by atoms with Crippen molar-refractivity contribution in [2.45, 2.75) is 67.4 Å². The first-order valence-electron chi connectivity index (χ1n) is 14.5. The maximum atomic E-state index is 16.4.